The highest BCUT2D eigenvalue weighted by Crippen LogP contribution is 2.23. The van der Waals surface area contributed by atoms with E-state index < -0.39 is 5.91 Å². The molecule has 2 amide bonds. The standard InChI is InChI=1S/C25H30N2O4/c1-30-22-9-4-19(5-10-22)2-3-21-14-16-27(17-15-21)25(29)13-8-20-6-11-23(12-7-20)31-18-24(26)28/h4-13,21H,2-3,14-18H2,1H3,(H2,26,28)/b13-8+. The first-order chi connectivity index (χ1) is 15.0. The number of aryl methyl sites for hydroxylation is 1. The van der Waals surface area contributed by atoms with Gasteiger partial charge in [-0.05, 0) is 73.1 Å². The van der Waals surface area contributed by atoms with Crippen molar-refractivity contribution in [1.82, 2.24) is 4.90 Å². The van der Waals surface area contributed by atoms with Gasteiger partial charge >= 0.3 is 0 Å². The molecule has 0 atom stereocenters. The van der Waals surface area contributed by atoms with Gasteiger partial charge in [-0.3, -0.25) is 9.59 Å². The Balaban J connectivity index is 1.40. The van der Waals surface area contributed by atoms with Crippen molar-refractivity contribution >= 4 is 17.9 Å². The number of rotatable bonds is 9. The van der Waals surface area contributed by atoms with Gasteiger partial charge in [0, 0.05) is 19.2 Å². The van der Waals surface area contributed by atoms with E-state index in [1.807, 2.05) is 29.2 Å². The van der Waals surface area contributed by atoms with Crippen molar-refractivity contribution in [1.29, 1.82) is 0 Å². The van der Waals surface area contributed by atoms with Crippen LogP contribution in [0.25, 0.3) is 6.08 Å². The first-order valence-corrected chi connectivity index (χ1v) is 10.6. The first kappa shape index (κ1) is 22.4. The third-order valence-corrected chi connectivity index (χ3v) is 5.61. The summed E-state index contributed by atoms with van der Waals surface area (Å²) >= 11 is 0. The molecular formula is C25H30N2O4. The monoisotopic (exact) mass is 422 g/mol. The molecule has 1 aliphatic rings. The Morgan fingerprint density at radius 3 is 2.29 bits per heavy atom. The Bertz CT molecular complexity index is 883. The Morgan fingerprint density at radius 1 is 1.03 bits per heavy atom. The molecule has 0 aliphatic carbocycles. The van der Waals surface area contributed by atoms with E-state index in [-0.39, 0.29) is 12.5 Å². The van der Waals surface area contributed by atoms with E-state index in [1.165, 1.54) is 5.56 Å². The Morgan fingerprint density at radius 2 is 1.68 bits per heavy atom. The molecule has 0 saturated carbocycles. The third kappa shape index (κ3) is 7.17. The van der Waals surface area contributed by atoms with Gasteiger partial charge in [0.15, 0.2) is 6.61 Å². The van der Waals surface area contributed by atoms with Gasteiger partial charge in [-0.15, -0.1) is 0 Å². The number of nitrogens with two attached hydrogens (primary N) is 1. The van der Waals surface area contributed by atoms with Gasteiger partial charge in [0.05, 0.1) is 7.11 Å². The van der Waals surface area contributed by atoms with Crippen LogP contribution in [-0.4, -0.2) is 43.5 Å². The van der Waals surface area contributed by atoms with Crippen LogP contribution in [0.2, 0.25) is 0 Å². The van der Waals surface area contributed by atoms with Crippen LogP contribution >= 0.6 is 0 Å². The summed E-state index contributed by atoms with van der Waals surface area (Å²) in [5.41, 5.74) is 7.29. The molecule has 0 spiro atoms. The van der Waals surface area contributed by atoms with Crippen molar-refractivity contribution in [2.24, 2.45) is 11.7 Å². The highest BCUT2D eigenvalue weighted by Gasteiger charge is 2.21. The molecule has 2 aromatic carbocycles. The van der Waals surface area contributed by atoms with Gasteiger partial charge in [0.2, 0.25) is 5.91 Å². The van der Waals surface area contributed by atoms with E-state index in [0.29, 0.717) is 11.7 Å². The van der Waals surface area contributed by atoms with Gasteiger partial charge in [-0.25, -0.2) is 0 Å². The van der Waals surface area contributed by atoms with Gasteiger partial charge in [0.25, 0.3) is 5.91 Å². The number of benzene rings is 2. The minimum absolute atomic E-state index is 0.0441. The predicted molar refractivity (Wildman–Crippen MR) is 121 cm³/mol. The van der Waals surface area contributed by atoms with E-state index in [0.717, 1.165) is 50.1 Å². The van der Waals surface area contributed by atoms with Crippen molar-refractivity contribution < 1.29 is 19.1 Å². The number of primary amides is 1. The minimum atomic E-state index is -0.515. The molecule has 0 aromatic heterocycles. The van der Waals surface area contributed by atoms with E-state index in [1.54, 1.807) is 31.4 Å². The quantitative estimate of drug-likeness (QED) is 0.628. The highest BCUT2D eigenvalue weighted by molar-refractivity contribution is 5.91. The lowest BCUT2D eigenvalue weighted by atomic mass is 9.90. The van der Waals surface area contributed by atoms with Crippen LogP contribution in [-0.2, 0) is 16.0 Å². The Kier molecular flexibility index (Phi) is 8.10. The molecule has 1 saturated heterocycles. The van der Waals surface area contributed by atoms with Crippen LogP contribution in [0.15, 0.2) is 54.6 Å². The number of amides is 2. The Hall–Kier alpha value is -3.28. The van der Waals surface area contributed by atoms with E-state index in [2.05, 4.69) is 12.1 Å². The number of hydrogen-bond acceptors (Lipinski definition) is 4. The topological polar surface area (TPSA) is 81.9 Å². The number of likely N-dealkylation sites (tertiary alicyclic amines) is 1. The molecule has 2 aromatic rings. The zero-order valence-electron chi connectivity index (χ0n) is 18.0. The second kappa shape index (κ2) is 11.2. The molecule has 2 N–H and O–H groups in total. The van der Waals surface area contributed by atoms with E-state index >= 15 is 0 Å². The number of hydrogen-bond donors (Lipinski definition) is 1. The average molecular weight is 423 g/mol. The molecule has 0 bridgehead atoms. The van der Waals surface area contributed by atoms with Crippen LogP contribution in [0, 0.1) is 5.92 Å². The fourth-order valence-electron chi connectivity index (χ4n) is 3.71. The number of ether oxygens (including phenoxy) is 2. The molecule has 1 aliphatic heterocycles. The van der Waals surface area contributed by atoms with Gasteiger partial charge in [0.1, 0.15) is 11.5 Å². The summed E-state index contributed by atoms with van der Waals surface area (Å²) in [6.07, 6.45) is 7.71. The number of carbonyl (C=O) groups excluding carboxylic acids is 2. The highest BCUT2D eigenvalue weighted by atomic mass is 16.5. The normalized spacial score (nSPS) is 14.5. The summed E-state index contributed by atoms with van der Waals surface area (Å²) in [6, 6.07) is 15.4. The number of methoxy groups -OCH3 is 1. The van der Waals surface area contributed by atoms with Gasteiger partial charge in [-0.1, -0.05) is 24.3 Å². The number of nitrogens with zero attached hydrogens (tertiary/aromatic N) is 1. The molecule has 6 nitrogen and oxygen atoms in total. The van der Waals surface area contributed by atoms with Crippen LogP contribution in [0.5, 0.6) is 11.5 Å². The van der Waals surface area contributed by atoms with Crippen molar-refractivity contribution in [2.45, 2.75) is 25.7 Å². The third-order valence-electron chi connectivity index (χ3n) is 5.61. The zero-order valence-corrected chi connectivity index (χ0v) is 18.0. The van der Waals surface area contributed by atoms with Crippen LogP contribution < -0.4 is 15.2 Å². The van der Waals surface area contributed by atoms with Gasteiger partial charge < -0.3 is 20.1 Å². The molecule has 164 valence electrons. The van der Waals surface area contributed by atoms with Crippen molar-refractivity contribution in [3.05, 3.63) is 65.7 Å². The molecule has 31 heavy (non-hydrogen) atoms. The molecule has 0 unspecified atom stereocenters. The predicted octanol–water partition coefficient (Wildman–Crippen LogP) is 3.44. The number of carbonyl (C=O) groups is 2. The zero-order chi connectivity index (χ0) is 22.1. The fourth-order valence-corrected chi connectivity index (χ4v) is 3.71. The summed E-state index contributed by atoms with van der Waals surface area (Å²) in [4.78, 5) is 25.2. The van der Waals surface area contributed by atoms with Gasteiger partial charge in [-0.2, -0.15) is 0 Å². The maximum Gasteiger partial charge on any atom is 0.255 e. The molecular weight excluding hydrogens is 392 g/mol. The second-order valence-electron chi connectivity index (χ2n) is 7.81. The maximum absolute atomic E-state index is 12.5. The van der Waals surface area contributed by atoms with Crippen molar-refractivity contribution in [3.63, 3.8) is 0 Å². The lowest BCUT2D eigenvalue weighted by molar-refractivity contribution is -0.127. The lowest BCUT2D eigenvalue weighted by Crippen LogP contribution is -2.37. The van der Waals surface area contributed by atoms with Crippen molar-refractivity contribution in [3.8, 4) is 11.5 Å². The minimum Gasteiger partial charge on any atom is -0.497 e. The summed E-state index contributed by atoms with van der Waals surface area (Å²) < 4.78 is 10.4. The summed E-state index contributed by atoms with van der Waals surface area (Å²) in [5, 5.41) is 0. The lowest BCUT2D eigenvalue weighted by Gasteiger charge is -2.31. The molecule has 1 heterocycles. The smallest absolute Gasteiger partial charge is 0.255 e. The molecule has 3 rings (SSSR count). The first-order valence-electron chi connectivity index (χ1n) is 10.6. The maximum atomic E-state index is 12.5. The number of piperidine rings is 1. The van der Waals surface area contributed by atoms with Crippen LogP contribution in [0.3, 0.4) is 0 Å². The largest absolute Gasteiger partial charge is 0.497 e. The van der Waals surface area contributed by atoms with Crippen LogP contribution in [0.4, 0.5) is 0 Å². The second-order valence-corrected chi connectivity index (χ2v) is 7.81. The van der Waals surface area contributed by atoms with Crippen molar-refractivity contribution in [2.75, 3.05) is 26.8 Å². The van der Waals surface area contributed by atoms with E-state index in [4.69, 9.17) is 15.2 Å². The van der Waals surface area contributed by atoms with Crippen LogP contribution in [0.1, 0.15) is 30.4 Å². The molecule has 6 heteroatoms. The Labute approximate surface area is 183 Å². The summed E-state index contributed by atoms with van der Waals surface area (Å²) in [5.74, 6) is 1.64. The summed E-state index contributed by atoms with van der Waals surface area (Å²) in [6.45, 7) is 1.45. The molecule has 1 fully saturated rings. The molecule has 0 radical (unpaired) electrons. The van der Waals surface area contributed by atoms with E-state index in [9.17, 15) is 9.59 Å². The fraction of sp³-hybridized carbons (Fsp3) is 0.360. The summed E-state index contributed by atoms with van der Waals surface area (Å²) in [7, 11) is 1.68. The average Bonchev–Trinajstić information content (AvgIpc) is 2.81. The SMILES string of the molecule is COc1ccc(CCC2CCN(C(=O)/C=C/c3ccc(OCC(N)=O)cc3)CC2)cc1.